The highest BCUT2D eigenvalue weighted by Gasteiger charge is 2.23. The van der Waals surface area contributed by atoms with Gasteiger partial charge in [-0.25, -0.2) is 0 Å². The van der Waals surface area contributed by atoms with Gasteiger partial charge in [0.15, 0.2) is 11.0 Å². The van der Waals surface area contributed by atoms with Crippen molar-refractivity contribution in [3.8, 4) is 5.69 Å². The number of rotatable bonds is 12. The first-order valence-corrected chi connectivity index (χ1v) is 15.0. The van der Waals surface area contributed by atoms with Gasteiger partial charge in [-0.05, 0) is 80.1 Å². The number of carbonyl (C=O) groups excluding carboxylic acids is 1. The Morgan fingerprint density at radius 3 is 2.49 bits per heavy atom. The summed E-state index contributed by atoms with van der Waals surface area (Å²) in [5.41, 5.74) is 6.34. The van der Waals surface area contributed by atoms with Crippen molar-refractivity contribution in [3.05, 3.63) is 105 Å². The van der Waals surface area contributed by atoms with Crippen LogP contribution in [-0.2, 0) is 12.2 Å². The number of benzene rings is 3. The molecule has 39 heavy (non-hydrogen) atoms. The quantitative estimate of drug-likeness (QED) is 0.139. The topological polar surface area (TPSA) is 59.8 Å². The number of thioether (sulfide) groups is 1. The molecule has 5 nitrogen and oxygen atoms in total. The van der Waals surface area contributed by atoms with Crippen molar-refractivity contribution in [3.63, 3.8) is 0 Å². The highest BCUT2D eigenvalue weighted by atomic mass is 35.5. The predicted octanol–water partition coefficient (Wildman–Crippen LogP) is 8.44. The summed E-state index contributed by atoms with van der Waals surface area (Å²) in [5.74, 6) is 1.29. The molecule has 0 aliphatic rings. The Kier molecular flexibility index (Phi) is 10.2. The Balaban J connectivity index is 1.54. The smallest absolute Gasteiger partial charge is 0.251 e. The van der Waals surface area contributed by atoms with Gasteiger partial charge in [0.25, 0.3) is 5.91 Å². The van der Waals surface area contributed by atoms with Gasteiger partial charge in [-0.1, -0.05) is 92.0 Å². The molecule has 7 heteroatoms. The molecule has 0 fully saturated rings. The number of aromatic nitrogens is 3. The van der Waals surface area contributed by atoms with Crippen molar-refractivity contribution in [1.82, 2.24) is 20.1 Å². The second-order valence-electron chi connectivity index (χ2n) is 10.0. The number of aryl methyl sites for hydroxylation is 3. The average molecular weight is 561 g/mol. The van der Waals surface area contributed by atoms with Crippen LogP contribution < -0.4 is 5.32 Å². The van der Waals surface area contributed by atoms with Crippen LogP contribution >= 0.6 is 23.4 Å². The zero-order chi connectivity index (χ0) is 27.8. The van der Waals surface area contributed by atoms with E-state index in [9.17, 15) is 4.79 Å². The third-order valence-electron chi connectivity index (χ3n) is 6.96. The van der Waals surface area contributed by atoms with Crippen molar-refractivity contribution in [2.45, 2.75) is 76.8 Å². The Morgan fingerprint density at radius 2 is 1.74 bits per heavy atom. The fourth-order valence-corrected chi connectivity index (χ4v) is 5.74. The number of nitrogens with one attached hydrogen (secondary N) is 1. The summed E-state index contributed by atoms with van der Waals surface area (Å²) in [6.45, 7) is 8.32. The highest BCUT2D eigenvalue weighted by molar-refractivity contribution is 7.98. The molecule has 0 saturated carbocycles. The summed E-state index contributed by atoms with van der Waals surface area (Å²) in [6.07, 6.45) is 5.97. The number of unbranched alkanes of at least 4 members (excludes halogenated alkanes) is 3. The molecule has 1 amide bonds. The minimum Gasteiger partial charge on any atom is -0.342 e. The van der Waals surface area contributed by atoms with Crippen LogP contribution in [0, 0.1) is 13.8 Å². The molecule has 1 N–H and O–H groups in total. The van der Waals surface area contributed by atoms with Crippen LogP contribution in [0.2, 0.25) is 5.02 Å². The summed E-state index contributed by atoms with van der Waals surface area (Å²) in [6, 6.07) is 21.7. The molecule has 0 saturated heterocycles. The van der Waals surface area contributed by atoms with Crippen LogP contribution in [0.3, 0.4) is 0 Å². The van der Waals surface area contributed by atoms with Crippen LogP contribution in [0.15, 0.2) is 71.9 Å². The van der Waals surface area contributed by atoms with Crippen LogP contribution in [0.5, 0.6) is 0 Å². The van der Waals surface area contributed by atoms with E-state index in [1.807, 2.05) is 54.8 Å². The van der Waals surface area contributed by atoms with E-state index in [0.29, 0.717) is 16.4 Å². The van der Waals surface area contributed by atoms with Crippen LogP contribution in [0.25, 0.3) is 5.69 Å². The van der Waals surface area contributed by atoms with Gasteiger partial charge in [0, 0.05) is 16.3 Å². The van der Waals surface area contributed by atoms with E-state index < -0.39 is 0 Å². The molecule has 3 aromatic carbocycles. The molecule has 204 valence electrons. The van der Waals surface area contributed by atoms with Crippen LogP contribution in [-0.4, -0.2) is 20.7 Å². The maximum absolute atomic E-state index is 13.2. The van der Waals surface area contributed by atoms with E-state index in [0.717, 1.165) is 28.6 Å². The first-order valence-electron chi connectivity index (χ1n) is 13.7. The largest absolute Gasteiger partial charge is 0.342 e. The van der Waals surface area contributed by atoms with Crippen molar-refractivity contribution in [1.29, 1.82) is 0 Å². The van der Waals surface area contributed by atoms with E-state index in [4.69, 9.17) is 11.6 Å². The molecular formula is C32H37ClN4OS. The molecule has 0 radical (unpaired) electrons. The molecule has 1 atom stereocenters. The van der Waals surface area contributed by atoms with Crippen molar-refractivity contribution >= 4 is 29.3 Å². The summed E-state index contributed by atoms with van der Waals surface area (Å²) in [5, 5.41) is 13.6. The third kappa shape index (κ3) is 7.52. The summed E-state index contributed by atoms with van der Waals surface area (Å²) in [7, 11) is 0. The summed E-state index contributed by atoms with van der Waals surface area (Å²) in [4.78, 5) is 13.2. The van der Waals surface area contributed by atoms with Gasteiger partial charge in [-0.2, -0.15) is 0 Å². The number of nitrogens with zero attached hydrogens (tertiary/aromatic N) is 3. The zero-order valence-electron chi connectivity index (χ0n) is 23.2. The van der Waals surface area contributed by atoms with Gasteiger partial charge in [0.05, 0.1) is 11.7 Å². The molecule has 0 aliphatic carbocycles. The van der Waals surface area contributed by atoms with Gasteiger partial charge in [0.1, 0.15) is 0 Å². The lowest BCUT2D eigenvalue weighted by atomic mass is 10.0. The molecule has 1 aromatic heterocycles. The van der Waals surface area contributed by atoms with E-state index in [1.165, 1.54) is 42.4 Å². The lowest BCUT2D eigenvalue weighted by Gasteiger charge is -2.18. The monoisotopic (exact) mass is 560 g/mol. The molecule has 1 unspecified atom stereocenters. The Morgan fingerprint density at radius 1 is 0.974 bits per heavy atom. The van der Waals surface area contributed by atoms with Crippen LogP contribution in [0.4, 0.5) is 0 Å². The fourth-order valence-electron chi connectivity index (χ4n) is 4.54. The van der Waals surface area contributed by atoms with E-state index in [1.54, 1.807) is 11.8 Å². The minimum absolute atomic E-state index is 0.133. The third-order valence-corrected chi connectivity index (χ3v) is 8.17. The predicted molar refractivity (Wildman–Crippen MR) is 162 cm³/mol. The van der Waals surface area contributed by atoms with Crippen molar-refractivity contribution in [2.75, 3.05) is 0 Å². The van der Waals surface area contributed by atoms with E-state index >= 15 is 0 Å². The Labute approximate surface area is 241 Å². The summed E-state index contributed by atoms with van der Waals surface area (Å²) < 4.78 is 2.02. The zero-order valence-corrected chi connectivity index (χ0v) is 24.8. The SMILES string of the molecule is CCCCCCc1ccc(C(=O)NC(C)c2nnc(SCc3ccccc3C)n2-c2cc(Cl)ccc2C)cc1. The van der Waals surface area contributed by atoms with Crippen molar-refractivity contribution < 1.29 is 4.79 Å². The number of carbonyl (C=O) groups is 1. The lowest BCUT2D eigenvalue weighted by Crippen LogP contribution is -2.28. The average Bonchev–Trinajstić information content (AvgIpc) is 3.36. The minimum atomic E-state index is -0.370. The first kappa shape index (κ1) is 28.9. The van der Waals surface area contributed by atoms with Crippen molar-refractivity contribution in [2.24, 2.45) is 0 Å². The van der Waals surface area contributed by atoms with Gasteiger partial charge >= 0.3 is 0 Å². The molecule has 0 spiro atoms. The number of halogens is 1. The molecule has 0 aliphatic heterocycles. The molecule has 1 heterocycles. The lowest BCUT2D eigenvalue weighted by molar-refractivity contribution is 0.0938. The maximum atomic E-state index is 13.2. The number of hydrogen-bond donors (Lipinski definition) is 1. The van der Waals surface area contributed by atoms with Gasteiger partial charge in [-0.15, -0.1) is 10.2 Å². The second kappa shape index (κ2) is 13.8. The number of amides is 1. The standard InChI is InChI=1S/C32H37ClN4OS/c1-5-6-7-8-12-25-15-17-26(18-16-25)31(38)34-24(4)30-35-36-32(39-21-27-13-10-9-11-22(27)2)37(30)29-20-28(33)19-14-23(29)3/h9-11,13-20,24H,5-8,12,21H2,1-4H3,(H,34,38). The van der Waals surface area contributed by atoms with Gasteiger partial charge < -0.3 is 5.32 Å². The summed E-state index contributed by atoms with van der Waals surface area (Å²) >= 11 is 8.03. The highest BCUT2D eigenvalue weighted by Crippen LogP contribution is 2.31. The van der Waals surface area contributed by atoms with Crippen LogP contribution in [0.1, 0.15) is 84.0 Å². The molecule has 4 aromatic rings. The molecule has 4 rings (SSSR count). The van der Waals surface area contributed by atoms with Gasteiger partial charge in [-0.3, -0.25) is 9.36 Å². The van der Waals surface area contributed by atoms with Gasteiger partial charge in [0.2, 0.25) is 0 Å². The molecule has 0 bridgehead atoms. The second-order valence-corrected chi connectivity index (χ2v) is 11.4. The van der Waals surface area contributed by atoms with E-state index in [2.05, 4.69) is 59.7 Å². The maximum Gasteiger partial charge on any atom is 0.251 e. The fraction of sp³-hybridized carbons (Fsp3) is 0.344. The normalized spacial score (nSPS) is 11.9. The Hall–Kier alpha value is -3.09. The molecular weight excluding hydrogens is 524 g/mol. The Bertz CT molecular complexity index is 1400. The number of hydrogen-bond acceptors (Lipinski definition) is 4. The first-order chi connectivity index (χ1) is 18.9. The van der Waals surface area contributed by atoms with E-state index in [-0.39, 0.29) is 11.9 Å².